The molecule has 120 valence electrons. The lowest BCUT2D eigenvalue weighted by Gasteiger charge is -2.15. The fourth-order valence-electron chi connectivity index (χ4n) is 1.64. The Bertz CT molecular complexity index is 588. The average molecular weight is 336 g/mol. The molecule has 1 rings (SSSR count). The van der Waals surface area contributed by atoms with Crippen molar-refractivity contribution in [2.75, 3.05) is 26.0 Å². The van der Waals surface area contributed by atoms with Crippen molar-refractivity contribution >= 4 is 34.0 Å². The molecule has 0 bridgehead atoms. The molecule has 1 aromatic carbocycles. The predicted octanol–water partition coefficient (Wildman–Crippen LogP) is 1.34. The van der Waals surface area contributed by atoms with E-state index in [1.165, 1.54) is 20.2 Å². The van der Waals surface area contributed by atoms with E-state index in [1.54, 1.807) is 19.1 Å². The molecule has 0 saturated heterocycles. The predicted molar refractivity (Wildman–Crippen MR) is 86.2 cm³/mol. The second-order valence-electron chi connectivity index (χ2n) is 4.71. The van der Waals surface area contributed by atoms with Gasteiger partial charge in [0.25, 0.3) is 0 Å². The van der Waals surface area contributed by atoms with Gasteiger partial charge in [0.05, 0.1) is 4.90 Å². The molecule has 0 aliphatic heterocycles. The monoisotopic (exact) mass is 335 g/mol. The van der Waals surface area contributed by atoms with Crippen molar-refractivity contribution in [1.82, 2.24) is 4.31 Å². The number of rotatable bonds is 6. The van der Waals surface area contributed by atoms with Crippen LogP contribution in [0.5, 0.6) is 0 Å². The molecule has 0 spiro atoms. The van der Waals surface area contributed by atoms with E-state index in [4.69, 9.17) is 5.73 Å². The summed E-state index contributed by atoms with van der Waals surface area (Å²) in [4.78, 5) is 11.8. The Labute approximate surface area is 132 Å². The molecular formula is C13H22ClN3O3S. The van der Waals surface area contributed by atoms with Crippen molar-refractivity contribution in [1.29, 1.82) is 0 Å². The highest BCUT2D eigenvalue weighted by atomic mass is 35.5. The van der Waals surface area contributed by atoms with Crippen molar-refractivity contribution in [3.8, 4) is 0 Å². The molecule has 0 aromatic heterocycles. The van der Waals surface area contributed by atoms with Crippen LogP contribution in [0.4, 0.5) is 5.69 Å². The standard InChI is InChI=1S/C13H21N3O3S.ClH/c1-10-6-7-11(15-13(17)5-4-8-14)9-12(10)20(18,19)16(2)3;/h6-7,9H,4-5,8,14H2,1-3H3,(H,15,17);1H. The van der Waals surface area contributed by atoms with Crippen molar-refractivity contribution in [3.05, 3.63) is 23.8 Å². The molecule has 1 amide bonds. The first-order valence-corrected chi connectivity index (χ1v) is 7.76. The Morgan fingerprint density at radius 2 is 1.95 bits per heavy atom. The number of sulfonamides is 1. The minimum absolute atomic E-state index is 0. The topological polar surface area (TPSA) is 92.5 Å². The van der Waals surface area contributed by atoms with E-state index in [1.807, 2.05) is 0 Å². The molecule has 1 aromatic rings. The fraction of sp³-hybridized carbons (Fsp3) is 0.462. The summed E-state index contributed by atoms with van der Waals surface area (Å²) < 4.78 is 25.5. The van der Waals surface area contributed by atoms with Crippen LogP contribution in [0.2, 0.25) is 0 Å². The highest BCUT2D eigenvalue weighted by Crippen LogP contribution is 2.22. The zero-order valence-electron chi connectivity index (χ0n) is 12.4. The molecule has 3 N–H and O–H groups in total. The number of nitrogens with zero attached hydrogens (tertiary/aromatic N) is 1. The maximum atomic E-state index is 12.2. The van der Waals surface area contributed by atoms with E-state index in [-0.39, 0.29) is 23.2 Å². The van der Waals surface area contributed by atoms with Gasteiger partial charge in [-0.2, -0.15) is 0 Å². The van der Waals surface area contributed by atoms with Gasteiger partial charge in [-0.1, -0.05) is 6.07 Å². The number of nitrogens with two attached hydrogens (primary N) is 1. The van der Waals surface area contributed by atoms with Crippen molar-refractivity contribution in [3.63, 3.8) is 0 Å². The van der Waals surface area contributed by atoms with E-state index < -0.39 is 10.0 Å². The minimum Gasteiger partial charge on any atom is -0.330 e. The van der Waals surface area contributed by atoms with Gasteiger partial charge in [-0.15, -0.1) is 12.4 Å². The quantitative estimate of drug-likeness (QED) is 0.820. The maximum absolute atomic E-state index is 12.2. The SMILES string of the molecule is Cc1ccc(NC(=O)CCCN)cc1S(=O)(=O)N(C)C.Cl. The third-order valence-corrected chi connectivity index (χ3v) is 4.80. The Balaban J connectivity index is 0.00000400. The number of anilines is 1. The second-order valence-corrected chi connectivity index (χ2v) is 6.83. The van der Waals surface area contributed by atoms with Crippen molar-refractivity contribution in [2.45, 2.75) is 24.7 Å². The van der Waals surface area contributed by atoms with Crippen LogP contribution in [-0.4, -0.2) is 39.3 Å². The van der Waals surface area contributed by atoms with E-state index in [9.17, 15) is 13.2 Å². The van der Waals surface area contributed by atoms with Crippen LogP contribution in [0.25, 0.3) is 0 Å². The number of carbonyl (C=O) groups is 1. The molecule has 0 aliphatic rings. The van der Waals surface area contributed by atoms with Gasteiger partial charge in [0, 0.05) is 26.2 Å². The van der Waals surface area contributed by atoms with Crippen LogP contribution < -0.4 is 11.1 Å². The fourth-order valence-corrected chi connectivity index (χ4v) is 2.78. The number of hydrogen-bond donors (Lipinski definition) is 2. The Morgan fingerprint density at radius 1 is 1.33 bits per heavy atom. The summed E-state index contributed by atoms with van der Waals surface area (Å²) in [6.45, 7) is 2.16. The molecule has 8 heteroatoms. The third kappa shape index (κ3) is 5.28. The third-order valence-electron chi connectivity index (χ3n) is 2.84. The molecule has 6 nitrogen and oxygen atoms in total. The van der Waals surface area contributed by atoms with Crippen molar-refractivity contribution < 1.29 is 13.2 Å². The summed E-state index contributed by atoms with van der Waals surface area (Å²) in [5, 5.41) is 2.68. The molecular weight excluding hydrogens is 314 g/mol. The number of hydrogen-bond acceptors (Lipinski definition) is 4. The first-order valence-electron chi connectivity index (χ1n) is 6.32. The van der Waals surface area contributed by atoms with Gasteiger partial charge < -0.3 is 11.1 Å². The lowest BCUT2D eigenvalue weighted by molar-refractivity contribution is -0.116. The average Bonchev–Trinajstić information content (AvgIpc) is 2.38. The van der Waals surface area contributed by atoms with Gasteiger partial charge in [0.15, 0.2) is 0 Å². The summed E-state index contributed by atoms with van der Waals surface area (Å²) in [5.74, 6) is -0.174. The van der Waals surface area contributed by atoms with Gasteiger partial charge in [-0.3, -0.25) is 4.79 Å². The maximum Gasteiger partial charge on any atom is 0.242 e. The van der Waals surface area contributed by atoms with Gasteiger partial charge >= 0.3 is 0 Å². The van der Waals surface area contributed by atoms with Crippen LogP contribution in [-0.2, 0) is 14.8 Å². The largest absolute Gasteiger partial charge is 0.330 e. The lowest BCUT2D eigenvalue weighted by atomic mass is 10.2. The summed E-state index contributed by atoms with van der Waals surface area (Å²) in [6, 6.07) is 4.84. The Hall–Kier alpha value is -1.15. The normalized spacial score (nSPS) is 11.1. The first-order chi connectivity index (χ1) is 9.28. The molecule has 0 unspecified atom stereocenters. The molecule has 0 saturated carbocycles. The van der Waals surface area contributed by atoms with Crippen LogP contribution in [0, 0.1) is 6.92 Å². The van der Waals surface area contributed by atoms with Crippen LogP contribution in [0.1, 0.15) is 18.4 Å². The smallest absolute Gasteiger partial charge is 0.242 e. The van der Waals surface area contributed by atoms with E-state index in [0.717, 1.165) is 4.31 Å². The van der Waals surface area contributed by atoms with Gasteiger partial charge in [0.2, 0.25) is 15.9 Å². The molecule has 21 heavy (non-hydrogen) atoms. The van der Waals surface area contributed by atoms with Crippen LogP contribution in [0.3, 0.4) is 0 Å². The van der Waals surface area contributed by atoms with Gasteiger partial charge in [0.1, 0.15) is 0 Å². The zero-order chi connectivity index (χ0) is 15.3. The molecule has 0 heterocycles. The first kappa shape index (κ1) is 19.9. The lowest BCUT2D eigenvalue weighted by Crippen LogP contribution is -2.23. The number of nitrogens with one attached hydrogen (secondary N) is 1. The van der Waals surface area contributed by atoms with E-state index in [2.05, 4.69) is 5.32 Å². The minimum atomic E-state index is -3.52. The van der Waals surface area contributed by atoms with Gasteiger partial charge in [-0.25, -0.2) is 12.7 Å². The van der Waals surface area contributed by atoms with Gasteiger partial charge in [-0.05, 0) is 37.6 Å². The summed E-state index contributed by atoms with van der Waals surface area (Å²) in [5.41, 5.74) is 6.45. The number of halogens is 1. The van der Waals surface area contributed by atoms with Crippen LogP contribution in [0.15, 0.2) is 23.1 Å². The summed E-state index contributed by atoms with van der Waals surface area (Å²) >= 11 is 0. The van der Waals surface area contributed by atoms with Crippen molar-refractivity contribution in [2.24, 2.45) is 5.73 Å². The summed E-state index contributed by atoms with van der Waals surface area (Å²) in [7, 11) is -0.574. The molecule has 0 fully saturated rings. The highest BCUT2D eigenvalue weighted by molar-refractivity contribution is 7.89. The molecule has 0 radical (unpaired) electrons. The second kappa shape index (κ2) is 8.33. The number of amides is 1. The van der Waals surface area contributed by atoms with Crippen LogP contribution >= 0.6 is 12.4 Å². The molecule has 0 atom stereocenters. The zero-order valence-corrected chi connectivity index (χ0v) is 14.1. The number of benzene rings is 1. The number of aryl methyl sites for hydroxylation is 1. The Kier molecular flexibility index (Phi) is 7.87. The van der Waals surface area contributed by atoms with E-state index in [0.29, 0.717) is 30.6 Å². The Morgan fingerprint density at radius 3 is 2.48 bits per heavy atom. The summed E-state index contributed by atoms with van der Waals surface area (Å²) in [6.07, 6.45) is 0.917. The van der Waals surface area contributed by atoms with E-state index >= 15 is 0 Å². The number of carbonyl (C=O) groups excluding carboxylic acids is 1. The molecule has 0 aliphatic carbocycles. The highest BCUT2D eigenvalue weighted by Gasteiger charge is 2.20.